The molecule has 1 aliphatic heterocycles. The van der Waals surface area contributed by atoms with E-state index >= 15 is 0 Å². The minimum absolute atomic E-state index is 0.0464. The third-order valence-corrected chi connectivity index (χ3v) is 4.56. The second-order valence-corrected chi connectivity index (χ2v) is 6.51. The Morgan fingerprint density at radius 1 is 1.15 bits per heavy atom. The quantitative estimate of drug-likeness (QED) is 0.426. The van der Waals surface area contributed by atoms with Crippen molar-refractivity contribution in [3.8, 4) is 0 Å². The van der Waals surface area contributed by atoms with Crippen LogP contribution in [0.15, 0.2) is 54.6 Å². The van der Waals surface area contributed by atoms with Crippen molar-refractivity contribution in [3.63, 3.8) is 0 Å². The maximum atomic E-state index is 12.3. The lowest BCUT2D eigenvalue weighted by molar-refractivity contribution is -0.384. The molecule has 0 spiro atoms. The van der Waals surface area contributed by atoms with Crippen molar-refractivity contribution in [2.24, 2.45) is 5.92 Å². The Kier molecular flexibility index (Phi) is 5.80. The SMILES string of the molecule is O=C(OCc1cccc([N+](=O)[O-])c1)[C@H]1CC(=O)N(CCc2ccccc2)C1. The summed E-state index contributed by atoms with van der Waals surface area (Å²) in [6, 6.07) is 15.8. The topological polar surface area (TPSA) is 89.7 Å². The molecule has 2 aromatic carbocycles. The van der Waals surface area contributed by atoms with Crippen LogP contribution in [0.4, 0.5) is 5.69 Å². The molecule has 0 saturated carbocycles. The number of amides is 1. The van der Waals surface area contributed by atoms with Gasteiger partial charge in [-0.15, -0.1) is 0 Å². The zero-order valence-corrected chi connectivity index (χ0v) is 14.7. The van der Waals surface area contributed by atoms with Gasteiger partial charge in [0, 0.05) is 31.6 Å². The summed E-state index contributed by atoms with van der Waals surface area (Å²) in [5.74, 6) is -0.993. The third-order valence-electron chi connectivity index (χ3n) is 4.56. The number of hydrogen-bond donors (Lipinski definition) is 0. The molecule has 0 N–H and O–H groups in total. The van der Waals surface area contributed by atoms with E-state index in [1.165, 1.54) is 12.1 Å². The molecule has 3 rings (SSSR count). The first-order valence-corrected chi connectivity index (χ1v) is 8.74. The molecule has 0 bridgehead atoms. The molecule has 0 aliphatic carbocycles. The van der Waals surface area contributed by atoms with Crippen LogP contribution in [0.1, 0.15) is 17.5 Å². The number of carbonyl (C=O) groups excluding carboxylic acids is 2. The van der Waals surface area contributed by atoms with Crippen LogP contribution in [-0.2, 0) is 27.4 Å². The molecule has 1 heterocycles. The maximum absolute atomic E-state index is 12.3. The van der Waals surface area contributed by atoms with Crippen LogP contribution < -0.4 is 0 Å². The van der Waals surface area contributed by atoms with E-state index in [2.05, 4.69) is 0 Å². The summed E-state index contributed by atoms with van der Waals surface area (Å²) in [7, 11) is 0. The minimum Gasteiger partial charge on any atom is -0.461 e. The van der Waals surface area contributed by atoms with Gasteiger partial charge < -0.3 is 9.64 Å². The molecule has 0 aromatic heterocycles. The van der Waals surface area contributed by atoms with Gasteiger partial charge in [0.25, 0.3) is 5.69 Å². The average molecular weight is 368 g/mol. The average Bonchev–Trinajstić information content (AvgIpc) is 3.06. The molecule has 27 heavy (non-hydrogen) atoms. The number of rotatable bonds is 7. The first kappa shape index (κ1) is 18.6. The number of nitro groups is 1. The fourth-order valence-corrected chi connectivity index (χ4v) is 3.09. The first-order valence-electron chi connectivity index (χ1n) is 8.74. The fraction of sp³-hybridized carbons (Fsp3) is 0.300. The van der Waals surface area contributed by atoms with E-state index in [1.54, 1.807) is 17.0 Å². The van der Waals surface area contributed by atoms with E-state index in [-0.39, 0.29) is 24.6 Å². The second kappa shape index (κ2) is 8.44. The summed E-state index contributed by atoms with van der Waals surface area (Å²) in [5.41, 5.74) is 1.64. The van der Waals surface area contributed by atoms with E-state index in [0.29, 0.717) is 18.7 Å². The number of esters is 1. The highest BCUT2D eigenvalue weighted by Gasteiger charge is 2.35. The molecule has 1 atom stereocenters. The van der Waals surface area contributed by atoms with Crippen LogP contribution in [0.25, 0.3) is 0 Å². The zero-order chi connectivity index (χ0) is 19.2. The lowest BCUT2D eigenvalue weighted by Gasteiger charge is -2.16. The van der Waals surface area contributed by atoms with Crippen LogP contribution >= 0.6 is 0 Å². The van der Waals surface area contributed by atoms with Gasteiger partial charge in [-0.1, -0.05) is 42.5 Å². The number of hydrogen-bond acceptors (Lipinski definition) is 5. The minimum atomic E-state index is -0.494. The summed E-state index contributed by atoms with van der Waals surface area (Å²) < 4.78 is 5.27. The van der Waals surface area contributed by atoms with E-state index in [9.17, 15) is 19.7 Å². The summed E-state index contributed by atoms with van der Waals surface area (Å²) in [5, 5.41) is 10.8. The molecule has 140 valence electrons. The van der Waals surface area contributed by atoms with Crippen molar-refractivity contribution >= 4 is 17.6 Å². The van der Waals surface area contributed by atoms with Gasteiger partial charge in [-0.3, -0.25) is 19.7 Å². The monoisotopic (exact) mass is 368 g/mol. The van der Waals surface area contributed by atoms with Gasteiger partial charge in [0.15, 0.2) is 0 Å². The number of nitro benzene ring substituents is 1. The van der Waals surface area contributed by atoms with Gasteiger partial charge in [-0.05, 0) is 17.5 Å². The summed E-state index contributed by atoms with van der Waals surface area (Å²) in [6.45, 7) is 0.867. The molecule has 1 amide bonds. The van der Waals surface area contributed by atoms with Crippen molar-refractivity contribution in [3.05, 3.63) is 75.8 Å². The molecular formula is C20H20N2O5. The maximum Gasteiger partial charge on any atom is 0.311 e. The fourth-order valence-electron chi connectivity index (χ4n) is 3.09. The largest absolute Gasteiger partial charge is 0.461 e. The smallest absolute Gasteiger partial charge is 0.311 e. The molecular weight excluding hydrogens is 348 g/mol. The highest BCUT2D eigenvalue weighted by molar-refractivity contribution is 5.86. The molecule has 1 aliphatic rings. The standard InChI is InChI=1S/C20H20N2O5/c23-19-12-17(13-21(19)10-9-15-5-2-1-3-6-15)20(24)27-14-16-7-4-8-18(11-16)22(25)26/h1-8,11,17H,9-10,12-14H2/t17-/m0/s1. The number of likely N-dealkylation sites (tertiary alicyclic amines) is 1. The van der Waals surface area contributed by atoms with Gasteiger partial charge >= 0.3 is 5.97 Å². The lowest BCUT2D eigenvalue weighted by atomic mass is 10.1. The molecule has 0 radical (unpaired) electrons. The number of nitrogens with zero attached hydrogens (tertiary/aromatic N) is 2. The molecule has 1 fully saturated rings. The summed E-state index contributed by atoms with van der Waals surface area (Å²) >= 11 is 0. The van der Waals surface area contributed by atoms with Crippen molar-refractivity contribution < 1.29 is 19.2 Å². The molecule has 2 aromatic rings. The Morgan fingerprint density at radius 2 is 1.89 bits per heavy atom. The Bertz CT molecular complexity index is 837. The molecule has 1 saturated heterocycles. The van der Waals surface area contributed by atoms with Crippen molar-refractivity contribution in [1.82, 2.24) is 4.90 Å². The van der Waals surface area contributed by atoms with E-state index < -0.39 is 16.8 Å². The third kappa shape index (κ3) is 4.91. The van der Waals surface area contributed by atoms with Crippen molar-refractivity contribution in [1.29, 1.82) is 0 Å². The van der Waals surface area contributed by atoms with Gasteiger partial charge in [0.05, 0.1) is 10.8 Å². The van der Waals surface area contributed by atoms with Crippen molar-refractivity contribution in [2.75, 3.05) is 13.1 Å². The van der Waals surface area contributed by atoms with E-state index in [0.717, 1.165) is 12.0 Å². The van der Waals surface area contributed by atoms with Crippen LogP contribution in [0.5, 0.6) is 0 Å². The molecule has 7 nitrogen and oxygen atoms in total. The van der Waals surface area contributed by atoms with Gasteiger partial charge in [0.2, 0.25) is 5.91 Å². The summed E-state index contributed by atoms with van der Waals surface area (Å²) in [4.78, 5) is 36.4. The first-order chi connectivity index (χ1) is 13.0. The van der Waals surface area contributed by atoms with Crippen LogP contribution in [0.2, 0.25) is 0 Å². The summed E-state index contributed by atoms with van der Waals surface area (Å²) in [6.07, 6.45) is 0.880. The lowest BCUT2D eigenvalue weighted by Crippen LogP contribution is -2.28. The second-order valence-electron chi connectivity index (χ2n) is 6.51. The van der Waals surface area contributed by atoms with Gasteiger partial charge in [0.1, 0.15) is 6.61 Å². The molecule has 0 unspecified atom stereocenters. The number of ether oxygens (including phenoxy) is 1. The van der Waals surface area contributed by atoms with Gasteiger partial charge in [-0.25, -0.2) is 0 Å². The Labute approximate surface area is 156 Å². The predicted molar refractivity (Wildman–Crippen MR) is 97.7 cm³/mol. The predicted octanol–water partition coefficient (Wildman–Crippen LogP) is 2.73. The highest BCUT2D eigenvalue weighted by Crippen LogP contribution is 2.21. The highest BCUT2D eigenvalue weighted by atomic mass is 16.6. The van der Waals surface area contributed by atoms with Gasteiger partial charge in [-0.2, -0.15) is 0 Å². The zero-order valence-electron chi connectivity index (χ0n) is 14.7. The van der Waals surface area contributed by atoms with E-state index in [1.807, 2.05) is 30.3 Å². The Morgan fingerprint density at radius 3 is 2.63 bits per heavy atom. The number of benzene rings is 2. The number of carbonyl (C=O) groups is 2. The van der Waals surface area contributed by atoms with E-state index in [4.69, 9.17) is 4.74 Å². The Balaban J connectivity index is 1.50. The normalized spacial score (nSPS) is 16.4. The number of non-ortho nitro benzene ring substituents is 1. The molecule has 7 heteroatoms. The van der Waals surface area contributed by atoms with Crippen molar-refractivity contribution in [2.45, 2.75) is 19.4 Å². The van der Waals surface area contributed by atoms with Crippen LogP contribution in [0, 0.1) is 16.0 Å². The van der Waals surface area contributed by atoms with Crippen LogP contribution in [-0.4, -0.2) is 34.8 Å². The Hall–Kier alpha value is -3.22. The van der Waals surface area contributed by atoms with Crippen LogP contribution in [0.3, 0.4) is 0 Å².